The molecule has 1 unspecified atom stereocenters. The molecule has 0 amide bonds. The topological polar surface area (TPSA) is 17.1 Å². The summed E-state index contributed by atoms with van der Waals surface area (Å²) in [6.07, 6.45) is 5.59. The van der Waals surface area contributed by atoms with Crippen LogP contribution in [-0.4, -0.2) is 5.78 Å². The van der Waals surface area contributed by atoms with E-state index in [1.165, 1.54) is 30.4 Å². The van der Waals surface area contributed by atoms with E-state index in [2.05, 4.69) is 6.92 Å². The van der Waals surface area contributed by atoms with Crippen LogP contribution in [0.25, 0.3) is 0 Å². The second-order valence-corrected chi connectivity index (χ2v) is 3.73. The van der Waals surface area contributed by atoms with Gasteiger partial charge in [-0.25, -0.2) is 0 Å². The van der Waals surface area contributed by atoms with Crippen LogP contribution in [0.1, 0.15) is 39.0 Å². The molecule has 0 aliphatic heterocycles. The molecule has 1 nitrogen and oxygen atoms in total. The molecule has 1 atom stereocenters. The van der Waals surface area contributed by atoms with Crippen LogP contribution in [0.3, 0.4) is 0 Å². The summed E-state index contributed by atoms with van der Waals surface area (Å²) >= 11 is 0. The average Bonchev–Trinajstić information content (AvgIpc) is 2.34. The van der Waals surface area contributed by atoms with Crippen molar-refractivity contribution in [3.63, 3.8) is 0 Å². The van der Waals surface area contributed by atoms with Gasteiger partial charge in [0, 0.05) is 6.42 Å². The standard InChI is InChI=1S/C10H14O/c1-7-3-2-4-8-5-6-9(11)10(7)8/h7H,2-6H2,1H3. The monoisotopic (exact) mass is 150 g/mol. The van der Waals surface area contributed by atoms with Crippen molar-refractivity contribution in [3.05, 3.63) is 11.1 Å². The van der Waals surface area contributed by atoms with E-state index < -0.39 is 0 Å². The third-order valence-electron chi connectivity index (χ3n) is 2.94. The molecule has 0 saturated carbocycles. The number of hydrogen-bond donors (Lipinski definition) is 0. The molecule has 0 bridgehead atoms. The highest BCUT2D eigenvalue weighted by Gasteiger charge is 2.29. The molecule has 0 spiro atoms. The minimum atomic E-state index is 0.437. The van der Waals surface area contributed by atoms with Crippen LogP contribution in [0.5, 0.6) is 0 Å². The van der Waals surface area contributed by atoms with Crippen LogP contribution in [0.2, 0.25) is 0 Å². The predicted molar refractivity (Wildman–Crippen MR) is 44.3 cm³/mol. The maximum atomic E-state index is 11.4. The van der Waals surface area contributed by atoms with Crippen LogP contribution in [0.15, 0.2) is 11.1 Å². The van der Waals surface area contributed by atoms with Gasteiger partial charge in [-0.2, -0.15) is 0 Å². The molecule has 0 fully saturated rings. The molecule has 0 aromatic rings. The number of rotatable bonds is 0. The average molecular weight is 150 g/mol. The number of ketones is 1. The molecule has 1 heteroatoms. The summed E-state index contributed by atoms with van der Waals surface area (Å²) in [6.45, 7) is 2.19. The van der Waals surface area contributed by atoms with E-state index in [1.807, 2.05) is 0 Å². The van der Waals surface area contributed by atoms with Gasteiger partial charge < -0.3 is 0 Å². The van der Waals surface area contributed by atoms with E-state index in [0.717, 1.165) is 12.8 Å². The maximum Gasteiger partial charge on any atom is 0.159 e. The SMILES string of the molecule is CC1CCCC2=C1C(=O)CC2. The lowest BCUT2D eigenvalue weighted by atomic mass is 9.85. The minimum absolute atomic E-state index is 0.437. The Labute approximate surface area is 67.5 Å². The lowest BCUT2D eigenvalue weighted by molar-refractivity contribution is -0.115. The Hall–Kier alpha value is -0.590. The molecule has 11 heavy (non-hydrogen) atoms. The lowest BCUT2D eigenvalue weighted by Gasteiger charge is -2.19. The summed E-state index contributed by atoms with van der Waals surface area (Å²) in [4.78, 5) is 11.4. The second-order valence-electron chi connectivity index (χ2n) is 3.73. The van der Waals surface area contributed by atoms with E-state index in [0.29, 0.717) is 11.7 Å². The van der Waals surface area contributed by atoms with Crippen LogP contribution in [0.4, 0.5) is 0 Å². The molecule has 0 heterocycles. The van der Waals surface area contributed by atoms with Gasteiger partial charge in [0.05, 0.1) is 0 Å². The van der Waals surface area contributed by atoms with Gasteiger partial charge in [-0.05, 0) is 37.2 Å². The van der Waals surface area contributed by atoms with Gasteiger partial charge >= 0.3 is 0 Å². The zero-order valence-corrected chi connectivity index (χ0v) is 7.02. The van der Waals surface area contributed by atoms with Crippen molar-refractivity contribution in [1.82, 2.24) is 0 Å². The van der Waals surface area contributed by atoms with Gasteiger partial charge in [-0.3, -0.25) is 4.79 Å². The largest absolute Gasteiger partial charge is 0.295 e. The molecule has 60 valence electrons. The molecular weight excluding hydrogens is 136 g/mol. The summed E-state index contributed by atoms with van der Waals surface area (Å²) in [5, 5.41) is 0. The fraction of sp³-hybridized carbons (Fsp3) is 0.700. The van der Waals surface area contributed by atoms with E-state index in [4.69, 9.17) is 0 Å². The van der Waals surface area contributed by atoms with Crippen LogP contribution in [-0.2, 0) is 4.79 Å². The third kappa shape index (κ3) is 1.03. The summed E-state index contributed by atoms with van der Waals surface area (Å²) in [5.74, 6) is 1.00. The summed E-state index contributed by atoms with van der Waals surface area (Å²) in [5.41, 5.74) is 2.69. The Balaban J connectivity index is 2.34. The highest BCUT2D eigenvalue weighted by Crippen LogP contribution is 2.37. The highest BCUT2D eigenvalue weighted by atomic mass is 16.1. The molecule has 0 aromatic carbocycles. The van der Waals surface area contributed by atoms with Gasteiger partial charge in [-0.15, -0.1) is 0 Å². The van der Waals surface area contributed by atoms with E-state index in [1.54, 1.807) is 0 Å². The van der Waals surface area contributed by atoms with Crippen molar-refractivity contribution < 1.29 is 4.79 Å². The Morgan fingerprint density at radius 2 is 2.09 bits per heavy atom. The molecule has 2 rings (SSSR count). The van der Waals surface area contributed by atoms with Crippen molar-refractivity contribution in [2.45, 2.75) is 39.0 Å². The first-order valence-electron chi connectivity index (χ1n) is 4.54. The van der Waals surface area contributed by atoms with E-state index in [-0.39, 0.29) is 0 Å². The number of hydrogen-bond acceptors (Lipinski definition) is 1. The van der Waals surface area contributed by atoms with Crippen molar-refractivity contribution in [3.8, 4) is 0 Å². The van der Waals surface area contributed by atoms with Gasteiger partial charge in [-0.1, -0.05) is 12.5 Å². The fourth-order valence-corrected chi connectivity index (χ4v) is 2.38. The van der Waals surface area contributed by atoms with Crippen LogP contribution < -0.4 is 0 Å². The number of carbonyl (C=O) groups is 1. The van der Waals surface area contributed by atoms with Crippen molar-refractivity contribution >= 4 is 5.78 Å². The Bertz CT molecular complexity index is 225. The van der Waals surface area contributed by atoms with Crippen molar-refractivity contribution in [1.29, 1.82) is 0 Å². The van der Waals surface area contributed by atoms with Crippen molar-refractivity contribution in [2.24, 2.45) is 5.92 Å². The summed E-state index contributed by atoms with van der Waals surface area (Å²) < 4.78 is 0. The fourth-order valence-electron chi connectivity index (χ4n) is 2.38. The zero-order chi connectivity index (χ0) is 7.84. The maximum absolute atomic E-state index is 11.4. The Morgan fingerprint density at radius 1 is 1.27 bits per heavy atom. The van der Waals surface area contributed by atoms with Gasteiger partial charge in [0.25, 0.3) is 0 Å². The number of allylic oxidation sites excluding steroid dienone is 2. The van der Waals surface area contributed by atoms with Crippen LogP contribution in [0, 0.1) is 5.92 Å². The third-order valence-corrected chi connectivity index (χ3v) is 2.94. The molecule has 0 radical (unpaired) electrons. The van der Waals surface area contributed by atoms with Gasteiger partial charge in [0.1, 0.15) is 0 Å². The number of carbonyl (C=O) groups excluding carboxylic acids is 1. The first-order valence-corrected chi connectivity index (χ1v) is 4.54. The summed E-state index contributed by atoms with van der Waals surface area (Å²) in [6, 6.07) is 0. The molecule has 2 aliphatic rings. The Kier molecular flexibility index (Phi) is 1.59. The minimum Gasteiger partial charge on any atom is -0.295 e. The first-order chi connectivity index (χ1) is 5.29. The molecule has 0 aromatic heterocycles. The highest BCUT2D eigenvalue weighted by molar-refractivity contribution is 5.99. The second kappa shape index (κ2) is 2.47. The predicted octanol–water partition coefficient (Wildman–Crippen LogP) is 2.47. The Morgan fingerprint density at radius 3 is 2.82 bits per heavy atom. The molecule has 0 saturated heterocycles. The quantitative estimate of drug-likeness (QED) is 0.518. The summed E-state index contributed by atoms with van der Waals surface area (Å²) in [7, 11) is 0. The van der Waals surface area contributed by atoms with Gasteiger partial charge in [0.2, 0.25) is 0 Å². The van der Waals surface area contributed by atoms with Crippen LogP contribution >= 0.6 is 0 Å². The normalized spacial score (nSPS) is 31.0. The smallest absolute Gasteiger partial charge is 0.159 e. The zero-order valence-electron chi connectivity index (χ0n) is 7.02. The van der Waals surface area contributed by atoms with E-state index >= 15 is 0 Å². The van der Waals surface area contributed by atoms with E-state index in [9.17, 15) is 4.79 Å². The molecule has 2 aliphatic carbocycles. The molecular formula is C10H14O. The van der Waals surface area contributed by atoms with Crippen molar-refractivity contribution in [2.75, 3.05) is 0 Å². The first kappa shape index (κ1) is 7.08. The molecule has 0 N–H and O–H groups in total. The lowest BCUT2D eigenvalue weighted by Crippen LogP contribution is -2.11. The van der Waals surface area contributed by atoms with Gasteiger partial charge in [0.15, 0.2) is 5.78 Å². The number of Topliss-reactive ketones (excluding diaryl/α,β-unsaturated/α-hetero) is 1.